The summed E-state index contributed by atoms with van der Waals surface area (Å²) in [6.07, 6.45) is 0.649. The van der Waals surface area contributed by atoms with E-state index in [0.29, 0.717) is 12.0 Å². The molecule has 22 heavy (non-hydrogen) atoms. The Morgan fingerprint density at radius 1 is 1.41 bits per heavy atom. The standard InChI is InChI=1S/C13H15N5O4/c1-3-8(2)11(13(19)20)17-12(14-15-16-17)9-4-6-10(7-5-9)18(21)22/h4-8,11H,3H2,1-2H3,(H,19,20). The van der Waals surface area contributed by atoms with Crippen molar-refractivity contribution >= 4 is 11.7 Å². The van der Waals surface area contributed by atoms with Gasteiger partial charge in [-0.3, -0.25) is 10.1 Å². The van der Waals surface area contributed by atoms with Gasteiger partial charge in [-0.25, -0.2) is 9.48 Å². The Kier molecular flexibility index (Phi) is 4.44. The lowest BCUT2D eigenvalue weighted by molar-refractivity contribution is -0.384. The van der Waals surface area contributed by atoms with Crippen LogP contribution in [0.3, 0.4) is 0 Å². The third-order valence-corrected chi connectivity index (χ3v) is 3.53. The number of rotatable bonds is 6. The zero-order chi connectivity index (χ0) is 16.3. The number of aliphatic carboxylic acids is 1. The first-order valence-electron chi connectivity index (χ1n) is 6.71. The molecule has 0 aliphatic carbocycles. The maximum atomic E-state index is 11.5. The van der Waals surface area contributed by atoms with Gasteiger partial charge in [0.25, 0.3) is 5.69 Å². The molecule has 0 amide bonds. The maximum Gasteiger partial charge on any atom is 0.328 e. The van der Waals surface area contributed by atoms with Gasteiger partial charge in [0.2, 0.25) is 0 Å². The Hall–Kier alpha value is -2.84. The number of carboxylic acids is 1. The van der Waals surface area contributed by atoms with Crippen LogP contribution in [0.2, 0.25) is 0 Å². The highest BCUT2D eigenvalue weighted by molar-refractivity contribution is 5.73. The molecular weight excluding hydrogens is 290 g/mol. The predicted octanol–water partition coefficient (Wildman–Crippen LogP) is 1.92. The first-order valence-corrected chi connectivity index (χ1v) is 6.71. The molecule has 9 nitrogen and oxygen atoms in total. The van der Waals surface area contributed by atoms with Gasteiger partial charge < -0.3 is 5.11 Å². The van der Waals surface area contributed by atoms with Crippen LogP contribution in [0.1, 0.15) is 26.3 Å². The molecule has 0 fully saturated rings. The molecule has 2 aromatic rings. The van der Waals surface area contributed by atoms with Crippen LogP contribution in [0.25, 0.3) is 11.4 Å². The molecule has 2 unspecified atom stereocenters. The lowest BCUT2D eigenvalue weighted by Crippen LogP contribution is -2.27. The summed E-state index contributed by atoms with van der Waals surface area (Å²) in [6.45, 7) is 3.69. The van der Waals surface area contributed by atoms with Crippen molar-refractivity contribution in [3.05, 3.63) is 34.4 Å². The summed E-state index contributed by atoms with van der Waals surface area (Å²) in [5, 5.41) is 31.3. The Morgan fingerprint density at radius 3 is 2.55 bits per heavy atom. The third-order valence-electron chi connectivity index (χ3n) is 3.53. The quantitative estimate of drug-likeness (QED) is 0.638. The highest BCUT2D eigenvalue weighted by Crippen LogP contribution is 2.27. The van der Waals surface area contributed by atoms with E-state index in [9.17, 15) is 20.0 Å². The first-order chi connectivity index (χ1) is 10.5. The lowest BCUT2D eigenvalue weighted by atomic mass is 9.99. The summed E-state index contributed by atoms with van der Waals surface area (Å²) >= 11 is 0. The second kappa shape index (κ2) is 6.29. The number of nitro benzene ring substituents is 1. The second-order valence-electron chi connectivity index (χ2n) is 4.92. The molecule has 116 valence electrons. The summed E-state index contributed by atoms with van der Waals surface area (Å²) in [7, 11) is 0. The lowest BCUT2D eigenvalue weighted by Gasteiger charge is -2.19. The van der Waals surface area contributed by atoms with Gasteiger partial charge in [0.15, 0.2) is 11.9 Å². The van der Waals surface area contributed by atoms with Crippen LogP contribution in [0, 0.1) is 16.0 Å². The Balaban J connectivity index is 2.44. The summed E-state index contributed by atoms with van der Waals surface area (Å²) < 4.78 is 1.25. The van der Waals surface area contributed by atoms with Crippen LogP contribution in [0.5, 0.6) is 0 Å². The van der Waals surface area contributed by atoms with E-state index >= 15 is 0 Å². The SMILES string of the molecule is CCC(C)C(C(=O)O)n1nnnc1-c1ccc([N+](=O)[O-])cc1. The van der Waals surface area contributed by atoms with Crippen LogP contribution in [0.4, 0.5) is 5.69 Å². The minimum atomic E-state index is -1.02. The second-order valence-corrected chi connectivity index (χ2v) is 4.92. The number of tetrazole rings is 1. The number of nitro groups is 1. The molecule has 0 saturated heterocycles. The normalized spacial score (nSPS) is 13.5. The Labute approximate surface area is 125 Å². The topological polar surface area (TPSA) is 124 Å². The number of carbonyl (C=O) groups is 1. The van der Waals surface area contributed by atoms with E-state index in [0.717, 1.165) is 0 Å². The van der Waals surface area contributed by atoms with Gasteiger partial charge in [-0.1, -0.05) is 20.3 Å². The van der Waals surface area contributed by atoms with Crippen LogP contribution < -0.4 is 0 Å². The average molecular weight is 305 g/mol. The van der Waals surface area contributed by atoms with E-state index in [1.807, 2.05) is 6.92 Å². The number of nitrogens with zero attached hydrogens (tertiary/aromatic N) is 5. The Bertz CT molecular complexity index is 682. The van der Waals surface area contributed by atoms with Crippen molar-refractivity contribution in [1.29, 1.82) is 0 Å². The van der Waals surface area contributed by atoms with Crippen molar-refractivity contribution in [2.75, 3.05) is 0 Å². The summed E-state index contributed by atoms with van der Waals surface area (Å²) in [4.78, 5) is 21.7. The molecule has 0 spiro atoms. The molecule has 2 rings (SSSR count). The van der Waals surface area contributed by atoms with Crippen molar-refractivity contribution in [2.45, 2.75) is 26.3 Å². The van der Waals surface area contributed by atoms with Crippen LogP contribution in [0.15, 0.2) is 24.3 Å². The van der Waals surface area contributed by atoms with Gasteiger partial charge in [0.1, 0.15) is 0 Å². The molecule has 1 heterocycles. The van der Waals surface area contributed by atoms with E-state index in [1.54, 1.807) is 6.92 Å². The van der Waals surface area contributed by atoms with Gasteiger partial charge >= 0.3 is 5.97 Å². The van der Waals surface area contributed by atoms with Crippen molar-refractivity contribution in [3.8, 4) is 11.4 Å². The van der Waals surface area contributed by atoms with E-state index < -0.39 is 16.9 Å². The molecule has 2 atom stereocenters. The number of hydrogen-bond acceptors (Lipinski definition) is 6. The van der Waals surface area contributed by atoms with E-state index in [2.05, 4.69) is 15.5 Å². The molecule has 1 aromatic carbocycles. The predicted molar refractivity (Wildman–Crippen MR) is 76.0 cm³/mol. The van der Waals surface area contributed by atoms with Crippen molar-refractivity contribution in [1.82, 2.24) is 20.2 Å². The summed E-state index contributed by atoms with van der Waals surface area (Å²) in [5.41, 5.74) is 0.463. The Morgan fingerprint density at radius 2 is 2.05 bits per heavy atom. The highest BCUT2D eigenvalue weighted by Gasteiger charge is 2.29. The fourth-order valence-corrected chi connectivity index (χ4v) is 2.12. The summed E-state index contributed by atoms with van der Waals surface area (Å²) in [5.74, 6) is -0.926. The molecule has 9 heteroatoms. The largest absolute Gasteiger partial charge is 0.480 e. The maximum absolute atomic E-state index is 11.5. The fourth-order valence-electron chi connectivity index (χ4n) is 2.12. The fraction of sp³-hybridized carbons (Fsp3) is 0.385. The smallest absolute Gasteiger partial charge is 0.328 e. The number of carboxylic acid groups (broad SMARTS) is 1. The number of benzene rings is 1. The molecule has 0 radical (unpaired) electrons. The van der Waals surface area contributed by atoms with Gasteiger partial charge in [-0.2, -0.15) is 0 Å². The molecule has 0 aliphatic rings. The number of non-ortho nitro benzene ring substituents is 1. The van der Waals surface area contributed by atoms with Crippen molar-refractivity contribution < 1.29 is 14.8 Å². The zero-order valence-electron chi connectivity index (χ0n) is 12.1. The first kappa shape index (κ1) is 15.5. The van der Waals surface area contributed by atoms with Gasteiger partial charge in [-0.15, -0.1) is 5.10 Å². The minimum Gasteiger partial charge on any atom is -0.480 e. The van der Waals surface area contributed by atoms with Crippen LogP contribution in [-0.4, -0.2) is 36.2 Å². The monoisotopic (exact) mass is 305 g/mol. The highest BCUT2D eigenvalue weighted by atomic mass is 16.6. The molecule has 0 saturated carbocycles. The zero-order valence-corrected chi connectivity index (χ0v) is 12.1. The van der Waals surface area contributed by atoms with Crippen LogP contribution >= 0.6 is 0 Å². The van der Waals surface area contributed by atoms with Gasteiger partial charge in [0, 0.05) is 17.7 Å². The average Bonchev–Trinajstić information content (AvgIpc) is 2.96. The van der Waals surface area contributed by atoms with Crippen molar-refractivity contribution in [2.24, 2.45) is 5.92 Å². The third kappa shape index (κ3) is 2.92. The number of hydrogen-bond donors (Lipinski definition) is 1. The van der Waals surface area contributed by atoms with Gasteiger partial charge in [0.05, 0.1) is 4.92 Å². The molecule has 0 aliphatic heterocycles. The van der Waals surface area contributed by atoms with E-state index in [1.165, 1.54) is 28.9 Å². The molecular formula is C13H15N5O4. The molecule has 0 bridgehead atoms. The summed E-state index contributed by atoms with van der Waals surface area (Å²) in [6, 6.07) is 4.75. The van der Waals surface area contributed by atoms with E-state index in [-0.39, 0.29) is 17.4 Å². The minimum absolute atomic E-state index is 0.0560. The van der Waals surface area contributed by atoms with Crippen molar-refractivity contribution in [3.63, 3.8) is 0 Å². The number of aromatic nitrogens is 4. The van der Waals surface area contributed by atoms with Gasteiger partial charge in [-0.05, 0) is 28.5 Å². The van der Waals surface area contributed by atoms with E-state index in [4.69, 9.17) is 0 Å². The van der Waals surface area contributed by atoms with Crippen LogP contribution in [-0.2, 0) is 4.79 Å². The molecule has 1 aromatic heterocycles. The molecule has 1 N–H and O–H groups in total.